The number of nitrogens with one attached hydrogen (secondary N) is 1. The van der Waals surface area contributed by atoms with E-state index < -0.39 is 0 Å². The van der Waals surface area contributed by atoms with Crippen LogP contribution in [0.4, 0.5) is 0 Å². The summed E-state index contributed by atoms with van der Waals surface area (Å²) in [6.07, 6.45) is 0.495. The Morgan fingerprint density at radius 1 is 1.42 bits per heavy atom. The van der Waals surface area contributed by atoms with Crippen LogP contribution in [0.2, 0.25) is 0 Å². The molecule has 0 saturated heterocycles. The number of aliphatic hydroxyl groups excluding tert-OH is 2. The van der Waals surface area contributed by atoms with E-state index in [4.69, 9.17) is 10.2 Å². The second-order valence-electron chi connectivity index (χ2n) is 4.12. The Morgan fingerprint density at radius 3 is 2.42 bits per heavy atom. The van der Waals surface area contributed by atoms with Gasteiger partial charge < -0.3 is 15.5 Å². The predicted octanol–water partition coefficient (Wildman–Crippen LogP) is 0.365. The zero-order chi connectivity index (χ0) is 9.61. The van der Waals surface area contributed by atoms with Crippen LogP contribution in [0.25, 0.3) is 0 Å². The van der Waals surface area contributed by atoms with Crippen molar-refractivity contribution in [3.63, 3.8) is 0 Å². The lowest BCUT2D eigenvalue weighted by atomic mass is 9.90. The van der Waals surface area contributed by atoms with Crippen molar-refractivity contribution in [1.82, 2.24) is 5.32 Å². The fourth-order valence-electron chi connectivity index (χ4n) is 1.01. The van der Waals surface area contributed by atoms with Gasteiger partial charge in [0.15, 0.2) is 0 Å². The maximum Gasteiger partial charge on any atom is 0.0636 e. The molecule has 0 aromatic rings. The lowest BCUT2D eigenvalue weighted by molar-refractivity contribution is 0.173. The van der Waals surface area contributed by atoms with E-state index in [1.54, 1.807) is 6.92 Å². The van der Waals surface area contributed by atoms with Crippen molar-refractivity contribution >= 4 is 0 Å². The second-order valence-corrected chi connectivity index (χ2v) is 4.12. The fraction of sp³-hybridized carbons (Fsp3) is 1.00. The molecular weight excluding hydrogens is 154 g/mol. The van der Waals surface area contributed by atoms with Crippen molar-refractivity contribution in [2.24, 2.45) is 5.41 Å². The SMILES string of the molecule is C[C@H](O)CNCC(C)(C)CCO. The number of rotatable bonds is 6. The van der Waals surface area contributed by atoms with Gasteiger partial charge in [0, 0.05) is 19.7 Å². The quantitative estimate of drug-likeness (QED) is 0.546. The minimum absolute atomic E-state index is 0.115. The van der Waals surface area contributed by atoms with Gasteiger partial charge in [-0.3, -0.25) is 0 Å². The number of hydrogen-bond donors (Lipinski definition) is 3. The molecule has 0 aromatic heterocycles. The van der Waals surface area contributed by atoms with Crippen LogP contribution < -0.4 is 5.32 Å². The third-order valence-corrected chi connectivity index (χ3v) is 1.83. The molecule has 0 bridgehead atoms. The average molecular weight is 175 g/mol. The minimum Gasteiger partial charge on any atom is -0.396 e. The molecule has 0 aromatic carbocycles. The molecule has 0 aliphatic heterocycles. The standard InChI is InChI=1S/C9H21NO2/c1-8(12)6-10-7-9(2,3)4-5-11/h8,10-12H,4-7H2,1-3H3/t8-/m0/s1. The van der Waals surface area contributed by atoms with Crippen molar-refractivity contribution in [3.8, 4) is 0 Å². The highest BCUT2D eigenvalue weighted by Gasteiger charge is 2.16. The smallest absolute Gasteiger partial charge is 0.0636 e. The highest BCUT2D eigenvalue weighted by Crippen LogP contribution is 2.17. The number of hydrogen-bond acceptors (Lipinski definition) is 3. The van der Waals surface area contributed by atoms with Crippen molar-refractivity contribution in [2.75, 3.05) is 19.7 Å². The van der Waals surface area contributed by atoms with Gasteiger partial charge in [0.25, 0.3) is 0 Å². The molecule has 0 radical (unpaired) electrons. The van der Waals surface area contributed by atoms with Gasteiger partial charge in [-0.15, -0.1) is 0 Å². The van der Waals surface area contributed by atoms with E-state index in [1.807, 2.05) is 0 Å². The largest absolute Gasteiger partial charge is 0.396 e. The lowest BCUT2D eigenvalue weighted by Crippen LogP contribution is -2.34. The molecule has 3 heteroatoms. The Hall–Kier alpha value is -0.120. The molecule has 0 aliphatic rings. The molecule has 0 saturated carbocycles. The van der Waals surface area contributed by atoms with E-state index in [-0.39, 0.29) is 18.1 Å². The summed E-state index contributed by atoms with van der Waals surface area (Å²) in [5.41, 5.74) is 0.115. The Bertz CT molecular complexity index is 113. The van der Waals surface area contributed by atoms with Crippen LogP contribution in [0.1, 0.15) is 27.2 Å². The molecule has 3 N–H and O–H groups in total. The molecule has 0 heterocycles. The molecule has 0 unspecified atom stereocenters. The van der Waals surface area contributed by atoms with E-state index in [1.165, 1.54) is 0 Å². The van der Waals surface area contributed by atoms with Crippen molar-refractivity contribution in [1.29, 1.82) is 0 Å². The summed E-state index contributed by atoms with van der Waals surface area (Å²) in [6.45, 7) is 7.62. The Kier molecular flexibility index (Phi) is 5.46. The molecule has 0 rings (SSSR count). The molecule has 0 fully saturated rings. The maximum atomic E-state index is 8.97. The van der Waals surface area contributed by atoms with Crippen LogP contribution in [0.5, 0.6) is 0 Å². The van der Waals surface area contributed by atoms with E-state index in [0.717, 1.165) is 13.0 Å². The van der Waals surface area contributed by atoms with Crippen LogP contribution in [0, 0.1) is 5.41 Å². The molecule has 74 valence electrons. The summed E-state index contributed by atoms with van der Waals surface area (Å²) in [5.74, 6) is 0. The predicted molar refractivity (Wildman–Crippen MR) is 50.0 cm³/mol. The van der Waals surface area contributed by atoms with E-state index >= 15 is 0 Å². The van der Waals surface area contributed by atoms with Gasteiger partial charge in [0.2, 0.25) is 0 Å². The first-order valence-corrected chi connectivity index (χ1v) is 4.47. The summed E-state index contributed by atoms with van der Waals surface area (Å²) in [4.78, 5) is 0. The summed E-state index contributed by atoms with van der Waals surface area (Å²) in [6, 6.07) is 0. The van der Waals surface area contributed by atoms with Gasteiger partial charge in [-0.05, 0) is 18.8 Å². The highest BCUT2D eigenvalue weighted by atomic mass is 16.3. The lowest BCUT2D eigenvalue weighted by Gasteiger charge is -2.24. The Labute approximate surface area is 74.8 Å². The number of aliphatic hydroxyl groups is 2. The van der Waals surface area contributed by atoms with Gasteiger partial charge in [-0.25, -0.2) is 0 Å². The van der Waals surface area contributed by atoms with E-state index in [9.17, 15) is 0 Å². The Morgan fingerprint density at radius 2 is 2.00 bits per heavy atom. The van der Waals surface area contributed by atoms with Crippen LogP contribution >= 0.6 is 0 Å². The molecule has 0 spiro atoms. The topological polar surface area (TPSA) is 52.5 Å². The third-order valence-electron chi connectivity index (χ3n) is 1.83. The van der Waals surface area contributed by atoms with Crippen LogP contribution in [0.15, 0.2) is 0 Å². The normalized spacial score (nSPS) is 14.8. The van der Waals surface area contributed by atoms with Gasteiger partial charge in [0.05, 0.1) is 6.10 Å². The zero-order valence-corrected chi connectivity index (χ0v) is 8.30. The van der Waals surface area contributed by atoms with Gasteiger partial charge >= 0.3 is 0 Å². The van der Waals surface area contributed by atoms with Gasteiger partial charge in [-0.2, -0.15) is 0 Å². The van der Waals surface area contributed by atoms with Crippen molar-refractivity contribution < 1.29 is 10.2 Å². The minimum atomic E-state index is -0.296. The molecule has 1 atom stereocenters. The molecule has 3 nitrogen and oxygen atoms in total. The molecular formula is C9H21NO2. The van der Waals surface area contributed by atoms with Crippen LogP contribution in [0.3, 0.4) is 0 Å². The zero-order valence-electron chi connectivity index (χ0n) is 8.30. The molecule has 0 aliphatic carbocycles. The Balaban J connectivity index is 3.46. The molecule has 0 amide bonds. The first-order valence-electron chi connectivity index (χ1n) is 4.47. The average Bonchev–Trinajstić information content (AvgIpc) is 1.85. The molecule has 12 heavy (non-hydrogen) atoms. The summed E-state index contributed by atoms with van der Waals surface area (Å²) >= 11 is 0. The van der Waals surface area contributed by atoms with Crippen molar-refractivity contribution in [3.05, 3.63) is 0 Å². The van der Waals surface area contributed by atoms with Gasteiger partial charge in [-0.1, -0.05) is 13.8 Å². The summed E-state index contributed by atoms with van der Waals surface area (Å²) < 4.78 is 0. The van der Waals surface area contributed by atoms with Gasteiger partial charge in [0.1, 0.15) is 0 Å². The van der Waals surface area contributed by atoms with E-state index in [0.29, 0.717) is 6.54 Å². The second kappa shape index (κ2) is 5.51. The van der Waals surface area contributed by atoms with Crippen LogP contribution in [-0.4, -0.2) is 36.0 Å². The highest BCUT2D eigenvalue weighted by molar-refractivity contribution is 4.71. The summed E-state index contributed by atoms with van der Waals surface area (Å²) in [5, 5.41) is 20.8. The summed E-state index contributed by atoms with van der Waals surface area (Å²) in [7, 11) is 0. The van der Waals surface area contributed by atoms with Crippen LogP contribution in [-0.2, 0) is 0 Å². The monoisotopic (exact) mass is 175 g/mol. The third kappa shape index (κ3) is 6.58. The maximum absolute atomic E-state index is 8.97. The first kappa shape index (κ1) is 11.9. The first-order chi connectivity index (χ1) is 5.48. The fourth-order valence-corrected chi connectivity index (χ4v) is 1.01. The van der Waals surface area contributed by atoms with E-state index in [2.05, 4.69) is 19.2 Å². The van der Waals surface area contributed by atoms with Crippen molar-refractivity contribution in [2.45, 2.75) is 33.3 Å².